The van der Waals surface area contributed by atoms with Crippen LogP contribution in [-0.2, 0) is 14.3 Å². The molecule has 0 aliphatic carbocycles. The summed E-state index contributed by atoms with van der Waals surface area (Å²) in [6.07, 6.45) is 1.33. The van der Waals surface area contributed by atoms with Crippen LogP contribution in [0.5, 0.6) is 0 Å². The number of nitrogens with zero attached hydrogens (tertiary/aromatic N) is 1. The van der Waals surface area contributed by atoms with Gasteiger partial charge in [0.2, 0.25) is 5.91 Å². The Balaban J connectivity index is 2.78. The fourth-order valence-corrected chi connectivity index (χ4v) is 2.40. The third kappa shape index (κ3) is 6.05. The summed E-state index contributed by atoms with van der Waals surface area (Å²) in [7, 11) is 0. The second kappa shape index (κ2) is 8.14. The summed E-state index contributed by atoms with van der Waals surface area (Å²) in [5, 5.41) is 20.3. The summed E-state index contributed by atoms with van der Waals surface area (Å²) in [4.78, 5) is 37.0. The number of carbonyl (C=O) groups is 3. The van der Waals surface area contributed by atoms with Gasteiger partial charge in [0, 0.05) is 19.6 Å². The molecular formula is C15H26N2O6. The molecule has 0 aromatic carbocycles. The van der Waals surface area contributed by atoms with E-state index in [4.69, 9.17) is 14.9 Å². The molecule has 2 atom stereocenters. The lowest BCUT2D eigenvalue weighted by molar-refractivity contribution is -0.143. The van der Waals surface area contributed by atoms with Crippen molar-refractivity contribution < 1.29 is 29.3 Å². The lowest BCUT2D eigenvalue weighted by Crippen LogP contribution is -2.55. The Morgan fingerprint density at radius 3 is 2.48 bits per heavy atom. The lowest BCUT2D eigenvalue weighted by atomic mass is 10.0. The molecule has 1 aliphatic heterocycles. The molecule has 8 heteroatoms. The molecule has 0 radical (unpaired) electrons. The molecule has 1 saturated heterocycles. The highest BCUT2D eigenvalue weighted by atomic mass is 16.6. The molecule has 2 amide bonds. The van der Waals surface area contributed by atoms with E-state index in [1.165, 1.54) is 4.90 Å². The van der Waals surface area contributed by atoms with Crippen molar-refractivity contribution in [2.75, 3.05) is 13.2 Å². The molecular weight excluding hydrogens is 304 g/mol. The molecule has 0 bridgehead atoms. The molecule has 3 N–H and O–H groups in total. The van der Waals surface area contributed by atoms with E-state index in [0.29, 0.717) is 13.0 Å². The topological polar surface area (TPSA) is 116 Å². The average Bonchev–Trinajstić information content (AvgIpc) is 2.44. The van der Waals surface area contributed by atoms with E-state index < -0.39 is 35.7 Å². The van der Waals surface area contributed by atoms with Gasteiger partial charge in [-0.05, 0) is 40.0 Å². The summed E-state index contributed by atoms with van der Waals surface area (Å²) in [6.45, 7) is 5.27. The van der Waals surface area contributed by atoms with Crippen LogP contribution in [0.2, 0.25) is 0 Å². The van der Waals surface area contributed by atoms with Gasteiger partial charge in [0.15, 0.2) is 0 Å². The summed E-state index contributed by atoms with van der Waals surface area (Å²) in [5.74, 6) is -1.75. The number of aliphatic carboxylic acids is 1. The van der Waals surface area contributed by atoms with Crippen LogP contribution in [0, 0.1) is 0 Å². The van der Waals surface area contributed by atoms with Gasteiger partial charge in [-0.2, -0.15) is 0 Å². The Kier molecular flexibility index (Phi) is 6.80. The van der Waals surface area contributed by atoms with Gasteiger partial charge in [-0.15, -0.1) is 0 Å². The molecule has 1 fully saturated rings. The van der Waals surface area contributed by atoms with Crippen LogP contribution in [0.25, 0.3) is 0 Å². The van der Waals surface area contributed by atoms with Crippen LogP contribution in [0.1, 0.15) is 46.5 Å². The molecule has 0 aromatic heterocycles. The van der Waals surface area contributed by atoms with Gasteiger partial charge >= 0.3 is 12.1 Å². The number of nitrogens with one attached hydrogen (secondary N) is 1. The maximum atomic E-state index is 12.4. The van der Waals surface area contributed by atoms with Gasteiger partial charge in [0.25, 0.3) is 0 Å². The number of likely N-dealkylation sites (tertiary alicyclic amines) is 1. The van der Waals surface area contributed by atoms with Gasteiger partial charge in [-0.1, -0.05) is 0 Å². The Morgan fingerprint density at radius 1 is 1.30 bits per heavy atom. The number of carbonyl (C=O) groups excluding carboxylic acids is 2. The summed E-state index contributed by atoms with van der Waals surface area (Å²) < 4.78 is 5.31. The monoisotopic (exact) mass is 330 g/mol. The third-order valence-electron chi connectivity index (χ3n) is 3.47. The third-order valence-corrected chi connectivity index (χ3v) is 3.47. The van der Waals surface area contributed by atoms with Crippen molar-refractivity contribution in [3.8, 4) is 0 Å². The molecule has 23 heavy (non-hydrogen) atoms. The normalized spacial score (nSPS) is 19.8. The molecule has 0 saturated carbocycles. The number of amides is 2. The minimum atomic E-state index is -1.22. The Labute approximate surface area is 135 Å². The number of rotatable bonds is 5. The Morgan fingerprint density at radius 2 is 1.96 bits per heavy atom. The van der Waals surface area contributed by atoms with Crippen LogP contribution in [0.4, 0.5) is 4.79 Å². The van der Waals surface area contributed by atoms with Gasteiger partial charge in [-0.25, -0.2) is 9.59 Å². The molecule has 132 valence electrons. The first-order chi connectivity index (χ1) is 10.7. The standard InChI is InChI=1S/C15H26N2O6/c1-15(2,3)23-14(22)17-8-5-4-6-11(17)12(19)16-10(7-9-18)13(20)21/h10-11,18H,4-9H2,1-3H3,(H,16,19)(H,20,21)/t10-,11-/m0/s1. The van der Waals surface area contributed by atoms with E-state index in [1.54, 1.807) is 20.8 Å². The number of aliphatic hydroxyl groups excluding tert-OH is 1. The Hall–Kier alpha value is -1.83. The maximum absolute atomic E-state index is 12.4. The number of piperidine rings is 1. The van der Waals surface area contributed by atoms with E-state index in [1.807, 2.05) is 0 Å². The first kappa shape index (κ1) is 19.2. The van der Waals surface area contributed by atoms with Crippen LogP contribution in [0.15, 0.2) is 0 Å². The van der Waals surface area contributed by atoms with E-state index in [9.17, 15) is 14.4 Å². The highest BCUT2D eigenvalue weighted by molar-refractivity contribution is 5.89. The van der Waals surface area contributed by atoms with E-state index in [0.717, 1.165) is 12.8 Å². The lowest BCUT2D eigenvalue weighted by Gasteiger charge is -2.36. The van der Waals surface area contributed by atoms with E-state index in [-0.39, 0.29) is 13.0 Å². The van der Waals surface area contributed by atoms with Crippen molar-refractivity contribution in [2.24, 2.45) is 0 Å². The molecule has 0 unspecified atom stereocenters. The smallest absolute Gasteiger partial charge is 0.410 e. The second-order valence-electron chi connectivity index (χ2n) is 6.60. The van der Waals surface area contributed by atoms with Crippen LogP contribution in [0.3, 0.4) is 0 Å². The van der Waals surface area contributed by atoms with Gasteiger partial charge in [0.1, 0.15) is 17.7 Å². The number of aliphatic hydroxyl groups is 1. The predicted octanol–water partition coefficient (Wildman–Crippen LogP) is 0.728. The molecule has 0 spiro atoms. The minimum Gasteiger partial charge on any atom is -0.480 e. The summed E-state index contributed by atoms with van der Waals surface area (Å²) in [5.41, 5.74) is -0.671. The van der Waals surface area contributed by atoms with Crippen molar-refractivity contribution >= 4 is 18.0 Å². The van der Waals surface area contributed by atoms with Crippen molar-refractivity contribution in [1.29, 1.82) is 0 Å². The fraction of sp³-hybridized carbons (Fsp3) is 0.800. The highest BCUT2D eigenvalue weighted by Crippen LogP contribution is 2.20. The number of hydrogen-bond acceptors (Lipinski definition) is 5. The zero-order valence-electron chi connectivity index (χ0n) is 13.9. The molecule has 8 nitrogen and oxygen atoms in total. The molecule has 1 heterocycles. The van der Waals surface area contributed by atoms with E-state index >= 15 is 0 Å². The van der Waals surface area contributed by atoms with Crippen molar-refractivity contribution in [2.45, 2.75) is 64.1 Å². The fourth-order valence-electron chi connectivity index (χ4n) is 2.40. The van der Waals surface area contributed by atoms with Crippen LogP contribution in [-0.4, -0.2) is 63.9 Å². The largest absolute Gasteiger partial charge is 0.480 e. The van der Waals surface area contributed by atoms with Crippen molar-refractivity contribution in [3.63, 3.8) is 0 Å². The Bertz CT molecular complexity index is 446. The highest BCUT2D eigenvalue weighted by Gasteiger charge is 2.36. The summed E-state index contributed by atoms with van der Waals surface area (Å²) >= 11 is 0. The number of ether oxygens (including phenoxy) is 1. The number of hydrogen-bond donors (Lipinski definition) is 3. The minimum absolute atomic E-state index is 0.0831. The van der Waals surface area contributed by atoms with Gasteiger partial charge < -0.3 is 20.3 Å². The van der Waals surface area contributed by atoms with Gasteiger partial charge in [-0.3, -0.25) is 9.69 Å². The first-order valence-corrected chi connectivity index (χ1v) is 7.79. The predicted molar refractivity (Wildman–Crippen MR) is 81.8 cm³/mol. The molecule has 1 aliphatic rings. The molecule has 0 aromatic rings. The summed E-state index contributed by atoms with van der Waals surface area (Å²) in [6, 6.07) is -1.92. The number of carboxylic acid groups (broad SMARTS) is 1. The van der Waals surface area contributed by atoms with Crippen molar-refractivity contribution in [3.05, 3.63) is 0 Å². The zero-order chi connectivity index (χ0) is 17.6. The van der Waals surface area contributed by atoms with E-state index in [2.05, 4.69) is 5.32 Å². The second-order valence-corrected chi connectivity index (χ2v) is 6.60. The SMILES string of the molecule is CC(C)(C)OC(=O)N1CCCC[C@H]1C(=O)N[C@@H](CCO)C(=O)O. The zero-order valence-corrected chi connectivity index (χ0v) is 13.9. The quantitative estimate of drug-likeness (QED) is 0.684. The van der Waals surface area contributed by atoms with Crippen LogP contribution < -0.4 is 5.32 Å². The average molecular weight is 330 g/mol. The maximum Gasteiger partial charge on any atom is 0.410 e. The number of carboxylic acids is 1. The van der Waals surface area contributed by atoms with Crippen LogP contribution >= 0.6 is 0 Å². The van der Waals surface area contributed by atoms with Crippen molar-refractivity contribution in [1.82, 2.24) is 10.2 Å². The van der Waals surface area contributed by atoms with Gasteiger partial charge in [0.05, 0.1) is 0 Å². The molecule has 1 rings (SSSR count). The first-order valence-electron chi connectivity index (χ1n) is 7.79.